The summed E-state index contributed by atoms with van der Waals surface area (Å²) in [4.78, 5) is 21.7. The lowest BCUT2D eigenvalue weighted by molar-refractivity contribution is 0.0699. The predicted molar refractivity (Wildman–Crippen MR) is 174 cm³/mol. The molecule has 1 aliphatic rings. The first-order valence-electron chi connectivity index (χ1n) is 13.2. The molecule has 3 aromatic rings. The largest absolute Gasteiger partial charge is 0.478 e. The molecule has 0 saturated carbocycles. The van der Waals surface area contributed by atoms with Crippen LogP contribution in [-0.2, 0) is 10.0 Å². The third-order valence-electron chi connectivity index (χ3n) is 7.21. The maximum atomic E-state index is 13.0. The molecular formula is C29H41Cl3N4O4S. The van der Waals surface area contributed by atoms with Gasteiger partial charge in [0.2, 0.25) is 0 Å². The second kappa shape index (κ2) is 15.3. The minimum atomic E-state index is -3.83. The lowest BCUT2D eigenvalue weighted by Gasteiger charge is -2.39. The zero-order valence-electron chi connectivity index (χ0n) is 24.0. The van der Waals surface area contributed by atoms with Crippen molar-refractivity contribution in [3.63, 3.8) is 0 Å². The highest BCUT2D eigenvalue weighted by Gasteiger charge is 2.24. The maximum absolute atomic E-state index is 13.0. The van der Waals surface area contributed by atoms with Gasteiger partial charge in [0.05, 0.1) is 16.0 Å². The number of hydrogen-bond donors (Lipinski definition) is 2. The molecule has 1 atom stereocenters. The number of fused-ring (bicyclic) bond motifs is 1. The van der Waals surface area contributed by atoms with Crippen molar-refractivity contribution < 1.29 is 18.3 Å². The highest BCUT2D eigenvalue weighted by molar-refractivity contribution is 7.92. The van der Waals surface area contributed by atoms with Crippen LogP contribution >= 0.6 is 37.2 Å². The van der Waals surface area contributed by atoms with E-state index in [0.29, 0.717) is 34.6 Å². The van der Waals surface area contributed by atoms with Crippen LogP contribution in [0.5, 0.6) is 0 Å². The van der Waals surface area contributed by atoms with Gasteiger partial charge < -0.3 is 10.0 Å². The predicted octanol–water partition coefficient (Wildman–Crippen LogP) is 6.68. The molecule has 2 heterocycles. The van der Waals surface area contributed by atoms with Crippen LogP contribution in [0.1, 0.15) is 62.9 Å². The van der Waals surface area contributed by atoms with Crippen molar-refractivity contribution in [1.29, 1.82) is 0 Å². The van der Waals surface area contributed by atoms with Gasteiger partial charge in [-0.15, -0.1) is 37.2 Å². The van der Waals surface area contributed by atoms with Crippen molar-refractivity contribution in [2.24, 2.45) is 5.92 Å². The summed E-state index contributed by atoms with van der Waals surface area (Å²) < 4.78 is 28.5. The highest BCUT2D eigenvalue weighted by atomic mass is 35.5. The number of carboxylic acids is 1. The second-order valence-electron chi connectivity index (χ2n) is 10.9. The molecule has 8 nitrogen and oxygen atoms in total. The van der Waals surface area contributed by atoms with Crippen molar-refractivity contribution in [2.75, 3.05) is 35.8 Å². The zero-order valence-corrected chi connectivity index (χ0v) is 27.3. The van der Waals surface area contributed by atoms with Gasteiger partial charge in [0, 0.05) is 43.3 Å². The molecule has 2 aromatic carbocycles. The van der Waals surface area contributed by atoms with Gasteiger partial charge in [-0.05, 0) is 67.1 Å². The molecule has 2 N–H and O–H groups in total. The van der Waals surface area contributed by atoms with E-state index < -0.39 is 16.0 Å². The Kier molecular flexibility index (Phi) is 13.7. The number of aromatic carboxylic acids is 1. The van der Waals surface area contributed by atoms with Crippen LogP contribution in [-0.4, -0.2) is 61.6 Å². The van der Waals surface area contributed by atoms with Gasteiger partial charge in [-0.2, -0.15) is 0 Å². The van der Waals surface area contributed by atoms with Gasteiger partial charge in [0.25, 0.3) is 10.0 Å². The van der Waals surface area contributed by atoms with E-state index in [4.69, 9.17) is 4.98 Å². The van der Waals surface area contributed by atoms with E-state index in [-0.39, 0.29) is 53.4 Å². The summed E-state index contributed by atoms with van der Waals surface area (Å²) in [5.41, 5.74) is 1.95. The van der Waals surface area contributed by atoms with Crippen LogP contribution in [0.2, 0.25) is 0 Å². The molecule has 0 spiro atoms. The Morgan fingerprint density at radius 1 is 0.927 bits per heavy atom. The normalized spacial score (nSPS) is 14.7. The average molecular weight is 648 g/mol. The molecule has 0 radical (unpaired) electrons. The fraction of sp³-hybridized carbons (Fsp3) is 0.448. The van der Waals surface area contributed by atoms with Crippen molar-refractivity contribution >= 4 is 75.6 Å². The molecule has 228 valence electrons. The van der Waals surface area contributed by atoms with E-state index in [9.17, 15) is 18.3 Å². The Morgan fingerprint density at radius 3 is 2.07 bits per heavy atom. The van der Waals surface area contributed by atoms with Crippen LogP contribution < -0.4 is 9.62 Å². The van der Waals surface area contributed by atoms with Gasteiger partial charge in [-0.25, -0.2) is 18.2 Å². The molecular weight excluding hydrogens is 607 g/mol. The van der Waals surface area contributed by atoms with Crippen LogP contribution in [0.25, 0.3) is 10.9 Å². The molecule has 0 bridgehead atoms. The number of nitrogens with one attached hydrogen (secondary N) is 1. The second-order valence-corrected chi connectivity index (χ2v) is 12.6. The average Bonchev–Trinajstić information content (AvgIpc) is 2.87. The number of anilines is 2. The summed E-state index contributed by atoms with van der Waals surface area (Å²) in [6.45, 7) is 14.2. The number of aromatic nitrogens is 1. The van der Waals surface area contributed by atoms with Crippen molar-refractivity contribution in [2.45, 2.75) is 57.9 Å². The quantitative estimate of drug-likeness (QED) is 0.267. The highest BCUT2D eigenvalue weighted by Crippen LogP contribution is 2.28. The minimum Gasteiger partial charge on any atom is -0.478 e. The van der Waals surface area contributed by atoms with E-state index in [1.54, 1.807) is 48.5 Å². The Labute approximate surface area is 262 Å². The topological polar surface area (TPSA) is 103 Å². The monoisotopic (exact) mass is 646 g/mol. The molecule has 12 heteroatoms. The molecule has 0 amide bonds. The third kappa shape index (κ3) is 8.85. The van der Waals surface area contributed by atoms with E-state index in [2.05, 4.69) is 35.3 Å². The van der Waals surface area contributed by atoms with Crippen molar-refractivity contribution in [1.82, 2.24) is 9.88 Å². The number of halogens is 3. The number of carboxylic acid groups (broad SMARTS) is 1. The molecule has 1 aromatic heterocycles. The smallest absolute Gasteiger partial charge is 0.336 e. The van der Waals surface area contributed by atoms with E-state index in [1.807, 2.05) is 13.8 Å². The van der Waals surface area contributed by atoms with Crippen LogP contribution in [0, 0.1) is 5.92 Å². The summed E-state index contributed by atoms with van der Waals surface area (Å²) in [7, 11) is -3.83. The first-order valence-corrected chi connectivity index (χ1v) is 14.7. The van der Waals surface area contributed by atoms with Crippen LogP contribution in [0.15, 0.2) is 53.4 Å². The Balaban J connectivity index is 0.00000280. The first-order chi connectivity index (χ1) is 17.9. The Morgan fingerprint density at radius 2 is 1.54 bits per heavy atom. The van der Waals surface area contributed by atoms with Crippen molar-refractivity contribution in [3.8, 4) is 0 Å². The molecule has 1 unspecified atom stereocenters. The Bertz CT molecular complexity index is 1410. The number of sulfonamides is 1. The molecule has 1 fully saturated rings. The number of benzene rings is 2. The van der Waals surface area contributed by atoms with Gasteiger partial charge in [-0.3, -0.25) is 9.62 Å². The van der Waals surface area contributed by atoms with Gasteiger partial charge in [0.15, 0.2) is 0 Å². The van der Waals surface area contributed by atoms with Gasteiger partial charge in [0.1, 0.15) is 5.82 Å². The van der Waals surface area contributed by atoms with E-state index >= 15 is 0 Å². The van der Waals surface area contributed by atoms with Gasteiger partial charge >= 0.3 is 5.97 Å². The summed E-state index contributed by atoms with van der Waals surface area (Å²) >= 11 is 0. The van der Waals surface area contributed by atoms with Crippen LogP contribution in [0.4, 0.5) is 11.5 Å². The molecule has 1 saturated heterocycles. The fourth-order valence-corrected chi connectivity index (χ4v) is 6.13. The minimum absolute atomic E-state index is 0. The van der Waals surface area contributed by atoms with E-state index in [1.165, 1.54) is 0 Å². The number of rotatable bonds is 9. The maximum Gasteiger partial charge on any atom is 0.336 e. The summed E-state index contributed by atoms with van der Waals surface area (Å²) in [6.07, 6.45) is 1.15. The number of hydrogen-bond acceptors (Lipinski definition) is 6. The standard InChI is InChI=1S/C29H38N4O4S.3ClH/c1-19(2)16-21(5)32-12-14-33(15-13-32)28-18-26(29(34)35)25-17-23(8-11-27(25)30-28)31-38(36,37)24-9-6-22(7-10-24)20(3)4;;;/h6-11,17-21,31H,12-16H2,1-5H3,(H,34,35);3*1H. The molecule has 1 aliphatic heterocycles. The van der Waals surface area contributed by atoms with Crippen molar-refractivity contribution in [3.05, 3.63) is 59.7 Å². The summed E-state index contributed by atoms with van der Waals surface area (Å²) in [6, 6.07) is 13.7. The Hall–Kier alpha value is -2.30. The first kappa shape index (κ1) is 36.7. The summed E-state index contributed by atoms with van der Waals surface area (Å²) in [5, 5.41) is 10.4. The molecule has 41 heavy (non-hydrogen) atoms. The third-order valence-corrected chi connectivity index (χ3v) is 8.61. The SMILES string of the molecule is CC(C)CC(C)N1CCN(c2cc(C(=O)O)c3cc(NS(=O)(=O)c4ccc(C(C)C)cc4)ccc3n2)CC1.Cl.Cl.Cl. The molecule has 0 aliphatic carbocycles. The zero-order chi connectivity index (χ0) is 27.6. The molecule has 4 rings (SSSR count). The fourth-order valence-electron chi connectivity index (χ4n) is 5.08. The van der Waals surface area contributed by atoms with E-state index in [0.717, 1.165) is 38.2 Å². The number of piperazine rings is 1. The lowest BCUT2D eigenvalue weighted by atomic mass is 10.0. The number of nitrogens with zero attached hydrogens (tertiary/aromatic N) is 3. The summed E-state index contributed by atoms with van der Waals surface area (Å²) in [5.74, 6) is 0.490. The van der Waals surface area contributed by atoms with Gasteiger partial charge in [-0.1, -0.05) is 39.8 Å². The van der Waals surface area contributed by atoms with Crippen LogP contribution in [0.3, 0.4) is 0 Å². The number of carbonyl (C=O) groups is 1. The number of pyridine rings is 1. The lowest BCUT2D eigenvalue weighted by Crippen LogP contribution is -2.50.